The van der Waals surface area contributed by atoms with Crippen LogP contribution in [0.5, 0.6) is 0 Å². The van der Waals surface area contributed by atoms with Crippen LogP contribution in [0.25, 0.3) is 0 Å². The minimum atomic E-state index is -0.581. The Balaban J connectivity index is 1.66. The Morgan fingerprint density at radius 3 is 2.62 bits per heavy atom. The van der Waals surface area contributed by atoms with Crippen molar-refractivity contribution in [2.24, 2.45) is 0 Å². The molecule has 2 heterocycles. The quantitative estimate of drug-likeness (QED) is 0.831. The van der Waals surface area contributed by atoms with Crippen LogP contribution in [0.1, 0.15) is 38.8 Å². The second-order valence-electron chi connectivity index (χ2n) is 8.05. The monoisotopic (exact) mass is 363 g/mol. The average Bonchev–Trinajstić information content (AvgIpc) is 2.96. The third kappa shape index (κ3) is 3.98. The molecule has 0 unspecified atom stereocenters. The number of nitrogens with zero attached hydrogens (tertiary/aromatic N) is 2. The molecule has 0 spiro atoms. The maximum absolute atomic E-state index is 13.4. The molecule has 2 atom stereocenters. The number of hydrogen-bond acceptors (Lipinski definition) is 4. The molecule has 1 aromatic carbocycles. The van der Waals surface area contributed by atoms with Crippen molar-refractivity contribution in [1.82, 2.24) is 15.1 Å². The van der Waals surface area contributed by atoms with Crippen molar-refractivity contribution < 1.29 is 18.7 Å². The molecule has 26 heavy (non-hydrogen) atoms. The van der Waals surface area contributed by atoms with Crippen molar-refractivity contribution in [1.29, 1.82) is 0 Å². The van der Waals surface area contributed by atoms with E-state index in [1.807, 2.05) is 27.7 Å². The SMILES string of the molecule is C[C@@H]1CN[C@H](C(=O)N2Cc3ccc(F)cc3C2)CN1C(=O)OC(C)(C)C. The number of amides is 2. The molecule has 1 N–H and O–H groups in total. The van der Waals surface area contributed by atoms with Gasteiger partial charge in [-0.2, -0.15) is 0 Å². The Kier molecular flexibility index (Phi) is 4.92. The van der Waals surface area contributed by atoms with E-state index in [0.717, 1.165) is 11.1 Å². The van der Waals surface area contributed by atoms with Gasteiger partial charge in [0.1, 0.15) is 17.5 Å². The molecule has 2 amide bonds. The van der Waals surface area contributed by atoms with Gasteiger partial charge in [0.15, 0.2) is 0 Å². The van der Waals surface area contributed by atoms with Gasteiger partial charge < -0.3 is 19.9 Å². The van der Waals surface area contributed by atoms with Gasteiger partial charge in [-0.3, -0.25) is 4.79 Å². The molecule has 0 radical (unpaired) electrons. The van der Waals surface area contributed by atoms with Gasteiger partial charge in [0.05, 0.1) is 0 Å². The fraction of sp³-hybridized carbons (Fsp3) is 0.579. The molecule has 2 aliphatic rings. The number of benzene rings is 1. The standard InChI is InChI=1S/C19H26FN3O3/c1-12-8-21-16(11-23(12)18(25)26-19(2,3)4)17(24)22-9-13-5-6-15(20)7-14(13)10-22/h5-7,12,16,21H,8-11H2,1-4H3/t12-,16+/m1/s1. The number of halogens is 1. The van der Waals surface area contributed by atoms with Crippen LogP contribution in [0.3, 0.4) is 0 Å². The summed E-state index contributed by atoms with van der Waals surface area (Å²) in [5, 5.41) is 3.22. The normalized spacial score (nSPS) is 23.0. The molecule has 0 bridgehead atoms. The van der Waals surface area contributed by atoms with Crippen LogP contribution in [-0.4, -0.2) is 52.6 Å². The topological polar surface area (TPSA) is 61.9 Å². The molecule has 0 aromatic heterocycles. The second-order valence-corrected chi connectivity index (χ2v) is 8.05. The van der Waals surface area contributed by atoms with Crippen molar-refractivity contribution in [3.8, 4) is 0 Å². The first-order chi connectivity index (χ1) is 12.1. The van der Waals surface area contributed by atoms with E-state index in [2.05, 4.69) is 5.32 Å². The van der Waals surface area contributed by atoms with E-state index in [1.54, 1.807) is 15.9 Å². The van der Waals surface area contributed by atoms with Gasteiger partial charge in [-0.15, -0.1) is 0 Å². The summed E-state index contributed by atoms with van der Waals surface area (Å²) < 4.78 is 18.8. The van der Waals surface area contributed by atoms with Crippen molar-refractivity contribution in [2.75, 3.05) is 13.1 Å². The number of nitrogens with one attached hydrogen (secondary N) is 1. The lowest BCUT2D eigenvalue weighted by molar-refractivity contribution is -0.135. The average molecular weight is 363 g/mol. The largest absolute Gasteiger partial charge is 0.444 e. The van der Waals surface area contributed by atoms with Crippen molar-refractivity contribution in [2.45, 2.75) is 58.5 Å². The zero-order valence-corrected chi connectivity index (χ0v) is 15.7. The highest BCUT2D eigenvalue weighted by atomic mass is 19.1. The zero-order chi connectivity index (χ0) is 19.1. The van der Waals surface area contributed by atoms with Crippen molar-refractivity contribution in [3.63, 3.8) is 0 Å². The number of ether oxygens (including phenoxy) is 1. The number of hydrogen-bond donors (Lipinski definition) is 1. The first-order valence-electron chi connectivity index (χ1n) is 8.93. The van der Waals surface area contributed by atoms with E-state index in [0.29, 0.717) is 19.6 Å². The number of fused-ring (bicyclic) bond motifs is 1. The lowest BCUT2D eigenvalue weighted by Crippen LogP contribution is -2.62. The summed E-state index contributed by atoms with van der Waals surface area (Å²) in [5.41, 5.74) is 1.22. The van der Waals surface area contributed by atoms with Gasteiger partial charge >= 0.3 is 6.09 Å². The van der Waals surface area contributed by atoms with Crippen molar-refractivity contribution >= 4 is 12.0 Å². The Labute approximate surface area is 153 Å². The minimum Gasteiger partial charge on any atom is -0.444 e. The van der Waals surface area contributed by atoms with Crippen LogP contribution in [0.2, 0.25) is 0 Å². The highest BCUT2D eigenvalue weighted by Gasteiger charge is 2.37. The first-order valence-corrected chi connectivity index (χ1v) is 8.93. The summed E-state index contributed by atoms with van der Waals surface area (Å²) in [7, 11) is 0. The zero-order valence-electron chi connectivity index (χ0n) is 15.7. The number of carbonyl (C=O) groups excluding carboxylic acids is 2. The summed E-state index contributed by atoms with van der Waals surface area (Å²) in [4.78, 5) is 28.6. The second kappa shape index (κ2) is 6.87. The van der Waals surface area contributed by atoms with E-state index in [-0.39, 0.29) is 24.3 Å². The fourth-order valence-corrected chi connectivity index (χ4v) is 3.34. The lowest BCUT2D eigenvalue weighted by Gasteiger charge is -2.39. The van der Waals surface area contributed by atoms with E-state index in [1.165, 1.54) is 12.1 Å². The molecule has 6 nitrogen and oxygen atoms in total. The van der Waals surface area contributed by atoms with E-state index < -0.39 is 17.7 Å². The van der Waals surface area contributed by atoms with Gasteiger partial charge in [0.25, 0.3) is 0 Å². The summed E-state index contributed by atoms with van der Waals surface area (Å²) in [5.74, 6) is -0.374. The molecule has 1 aromatic rings. The third-order valence-electron chi connectivity index (χ3n) is 4.70. The number of rotatable bonds is 1. The Morgan fingerprint density at radius 1 is 1.23 bits per heavy atom. The molecule has 0 saturated carbocycles. The Morgan fingerprint density at radius 2 is 1.92 bits per heavy atom. The fourth-order valence-electron chi connectivity index (χ4n) is 3.34. The highest BCUT2D eigenvalue weighted by molar-refractivity contribution is 5.84. The van der Waals surface area contributed by atoms with Crippen LogP contribution in [0, 0.1) is 5.82 Å². The van der Waals surface area contributed by atoms with E-state index in [9.17, 15) is 14.0 Å². The van der Waals surface area contributed by atoms with Crippen LogP contribution < -0.4 is 5.32 Å². The van der Waals surface area contributed by atoms with Crippen LogP contribution in [-0.2, 0) is 22.6 Å². The molecule has 142 valence electrons. The first kappa shape index (κ1) is 18.6. The number of carbonyl (C=O) groups is 2. The molecule has 1 fully saturated rings. The molecule has 1 saturated heterocycles. The van der Waals surface area contributed by atoms with Crippen molar-refractivity contribution in [3.05, 3.63) is 35.1 Å². The van der Waals surface area contributed by atoms with Gasteiger partial charge in [-0.05, 0) is 51.0 Å². The minimum absolute atomic E-state index is 0.0567. The van der Waals surface area contributed by atoms with Gasteiger partial charge in [0.2, 0.25) is 5.91 Å². The van der Waals surface area contributed by atoms with Gasteiger partial charge in [-0.25, -0.2) is 9.18 Å². The Hall–Kier alpha value is -2.15. The highest BCUT2D eigenvalue weighted by Crippen LogP contribution is 2.25. The summed E-state index contributed by atoms with van der Waals surface area (Å²) in [6.07, 6.45) is -0.406. The van der Waals surface area contributed by atoms with E-state index >= 15 is 0 Å². The summed E-state index contributed by atoms with van der Waals surface area (Å²) in [6, 6.07) is 4.07. The van der Waals surface area contributed by atoms with Crippen LogP contribution in [0.15, 0.2) is 18.2 Å². The predicted molar refractivity (Wildman–Crippen MR) is 94.8 cm³/mol. The van der Waals surface area contributed by atoms with E-state index in [4.69, 9.17) is 4.74 Å². The molecule has 7 heteroatoms. The Bertz CT molecular complexity index is 716. The third-order valence-corrected chi connectivity index (χ3v) is 4.70. The molecule has 0 aliphatic carbocycles. The van der Waals surface area contributed by atoms with Crippen LogP contribution >= 0.6 is 0 Å². The molecular weight excluding hydrogens is 337 g/mol. The van der Waals surface area contributed by atoms with Crippen LogP contribution in [0.4, 0.5) is 9.18 Å². The summed E-state index contributed by atoms with van der Waals surface area (Å²) in [6.45, 7) is 9.02. The molecular formula is C19H26FN3O3. The van der Waals surface area contributed by atoms with Gasteiger partial charge in [0, 0.05) is 32.2 Å². The molecule has 3 rings (SSSR count). The summed E-state index contributed by atoms with van der Waals surface area (Å²) >= 11 is 0. The lowest BCUT2D eigenvalue weighted by atomic mass is 10.1. The maximum Gasteiger partial charge on any atom is 0.410 e. The smallest absolute Gasteiger partial charge is 0.410 e. The molecule has 2 aliphatic heterocycles. The number of piperazine rings is 1. The van der Waals surface area contributed by atoms with Gasteiger partial charge in [-0.1, -0.05) is 6.07 Å². The predicted octanol–water partition coefficient (Wildman–Crippen LogP) is 2.27. The maximum atomic E-state index is 13.4.